The first-order valence-electron chi connectivity index (χ1n) is 6.52. The number of allylic oxidation sites excluding steroid dienone is 1. The van der Waals surface area contributed by atoms with Gasteiger partial charge in [-0.2, -0.15) is 0 Å². The van der Waals surface area contributed by atoms with Gasteiger partial charge in [0.1, 0.15) is 0 Å². The van der Waals surface area contributed by atoms with Crippen LogP contribution in [0.15, 0.2) is 16.6 Å². The molecule has 0 spiro atoms. The van der Waals surface area contributed by atoms with Crippen molar-refractivity contribution >= 4 is 6.21 Å². The lowest BCUT2D eigenvalue weighted by molar-refractivity contribution is 0.330. The molecule has 0 bridgehead atoms. The Morgan fingerprint density at radius 2 is 1.87 bits per heavy atom. The maximum absolute atomic E-state index is 4.58. The van der Waals surface area contributed by atoms with Crippen molar-refractivity contribution in [3.05, 3.63) is 11.6 Å². The second-order valence-electron chi connectivity index (χ2n) is 4.58. The van der Waals surface area contributed by atoms with Crippen molar-refractivity contribution in [3.8, 4) is 0 Å². The molecule has 1 saturated carbocycles. The minimum Gasteiger partial charge on any atom is -0.289 e. The predicted molar refractivity (Wildman–Crippen MR) is 68.5 cm³/mol. The van der Waals surface area contributed by atoms with E-state index in [1.807, 2.05) is 20.1 Å². The topological polar surface area (TPSA) is 12.4 Å². The molecule has 1 aliphatic heterocycles. The van der Waals surface area contributed by atoms with E-state index >= 15 is 0 Å². The van der Waals surface area contributed by atoms with Gasteiger partial charge in [-0.25, -0.2) is 0 Å². The molecule has 0 aromatic rings. The molecule has 86 valence electrons. The molecule has 1 fully saturated rings. The van der Waals surface area contributed by atoms with Crippen LogP contribution in [0.5, 0.6) is 0 Å². The van der Waals surface area contributed by atoms with Gasteiger partial charge in [0.05, 0.1) is 6.04 Å². The molecule has 2 rings (SSSR count). The van der Waals surface area contributed by atoms with Crippen LogP contribution in [0.1, 0.15) is 53.4 Å². The van der Waals surface area contributed by atoms with Gasteiger partial charge in [0.15, 0.2) is 0 Å². The van der Waals surface area contributed by atoms with Crippen LogP contribution in [-0.2, 0) is 0 Å². The van der Waals surface area contributed by atoms with E-state index in [4.69, 9.17) is 0 Å². The molecular weight excluding hydrogens is 182 g/mol. The molecule has 0 radical (unpaired) electrons. The van der Waals surface area contributed by atoms with Crippen LogP contribution >= 0.6 is 0 Å². The van der Waals surface area contributed by atoms with Crippen LogP contribution < -0.4 is 0 Å². The number of dihydropyridines is 1. The van der Waals surface area contributed by atoms with Gasteiger partial charge in [0.25, 0.3) is 0 Å². The highest BCUT2D eigenvalue weighted by molar-refractivity contribution is 5.74. The first kappa shape index (κ1) is 12.5. The molecule has 0 aromatic heterocycles. The van der Waals surface area contributed by atoms with E-state index in [-0.39, 0.29) is 0 Å². The van der Waals surface area contributed by atoms with Gasteiger partial charge < -0.3 is 0 Å². The molecule has 2 unspecified atom stereocenters. The van der Waals surface area contributed by atoms with Crippen LogP contribution in [0.25, 0.3) is 0 Å². The fourth-order valence-electron chi connectivity index (χ4n) is 2.66. The second kappa shape index (κ2) is 6.09. The summed E-state index contributed by atoms with van der Waals surface area (Å²) in [6, 6.07) is 0.621. The Balaban J connectivity index is 0.000000531. The lowest BCUT2D eigenvalue weighted by Gasteiger charge is -2.34. The van der Waals surface area contributed by atoms with Crippen molar-refractivity contribution in [1.82, 2.24) is 0 Å². The van der Waals surface area contributed by atoms with Crippen LogP contribution in [0.2, 0.25) is 0 Å². The van der Waals surface area contributed by atoms with Crippen LogP contribution in [0.3, 0.4) is 0 Å². The summed E-state index contributed by atoms with van der Waals surface area (Å²) in [5, 5.41) is 0. The molecule has 2 aliphatic rings. The minimum atomic E-state index is 0.621. The summed E-state index contributed by atoms with van der Waals surface area (Å²) >= 11 is 0. The van der Waals surface area contributed by atoms with Crippen molar-refractivity contribution in [1.29, 1.82) is 0 Å². The van der Waals surface area contributed by atoms with E-state index in [9.17, 15) is 0 Å². The Kier molecular flexibility index (Phi) is 5.07. The van der Waals surface area contributed by atoms with Gasteiger partial charge in [0.2, 0.25) is 0 Å². The molecule has 1 heterocycles. The van der Waals surface area contributed by atoms with Crippen molar-refractivity contribution in [3.63, 3.8) is 0 Å². The monoisotopic (exact) mass is 207 g/mol. The largest absolute Gasteiger partial charge is 0.289 e. The zero-order chi connectivity index (χ0) is 11.3. The summed E-state index contributed by atoms with van der Waals surface area (Å²) < 4.78 is 0. The van der Waals surface area contributed by atoms with Crippen LogP contribution in [0, 0.1) is 11.8 Å². The molecule has 0 N–H and O–H groups in total. The van der Waals surface area contributed by atoms with E-state index in [2.05, 4.69) is 24.9 Å². The van der Waals surface area contributed by atoms with Crippen LogP contribution in [-0.4, -0.2) is 12.3 Å². The first-order valence-corrected chi connectivity index (χ1v) is 6.52. The molecule has 1 heteroatoms. The van der Waals surface area contributed by atoms with E-state index in [0.29, 0.717) is 12.0 Å². The zero-order valence-electron chi connectivity index (χ0n) is 10.7. The molecule has 0 saturated heterocycles. The van der Waals surface area contributed by atoms with Gasteiger partial charge in [-0.05, 0) is 24.8 Å². The Hall–Kier alpha value is -0.590. The number of rotatable bonds is 1. The molecule has 0 aromatic carbocycles. The Morgan fingerprint density at radius 3 is 2.53 bits per heavy atom. The summed E-state index contributed by atoms with van der Waals surface area (Å²) in [6.45, 7) is 8.60. The molecular formula is C14H25N. The third-order valence-corrected chi connectivity index (χ3v) is 3.37. The van der Waals surface area contributed by atoms with Crippen LogP contribution in [0.4, 0.5) is 0 Å². The predicted octanol–water partition coefficient (Wildman–Crippen LogP) is 4.24. The molecule has 2 atom stereocenters. The zero-order valence-corrected chi connectivity index (χ0v) is 10.7. The number of aliphatic imine (C=N–C) groups is 1. The minimum absolute atomic E-state index is 0.621. The van der Waals surface area contributed by atoms with E-state index in [1.165, 1.54) is 25.7 Å². The molecule has 0 amide bonds. The Labute approximate surface area is 94.7 Å². The average molecular weight is 207 g/mol. The highest BCUT2D eigenvalue weighted by atomic mass is 14.8. The molecule has 15 heavy (non-hydrogen) atoms. The molecule has 1 aliphatic carbocycles. The lowest BCUT2D eigenvalue weighted by Crippen LogP contribution is -2.29. The van der Waals surface area contributed by atoms with Crippen molar-refractivity contribution in [2.75, 3.05) is 0 Å². The van der Waals surface area contributed by atoms with Gasteiger partial charge in [-0.3, -0.25) is 4.99 Å². The quantitative estimate of drug-likeness (QED) is 0.610. The molecule has 1 nitrogen and oxygen atoms in total. The van der Waals surface area contributed by atoms with Gasteiger partial charge in [-0.15, -0.1) is 0 Å². The SMILES string of the molecule is CC.CC(C)C1=CC=NC2CCCCC12. The summed E-state index contributed by atoms with van der Waals surface area (Å²) in [4.78, 5) is 4.58. The summed E-state index contributed by atoms with van der Waals surface area (Å²) in [5.74, 6) is 1.48. The Bertz CT molecular complexity index is 238. The number of fused-ring (bicyclic) bond motifs is 1. The lowest BCUT2D eigenvalue weighted by atomic mass is 9.75. The van der Waals surface area contributed by atoms with Gasteiger partial charge in [0, 0.05) is 12.1 Å². The van der Waals surface area contributed by atoms with Crippen molar-refractivity contribution < 1.29 is 0 Å². The normalized spacial score (nSPS) is 29.0. The van der Waals surface area contributed by atoms with Crippen molar-refractivity contribution in [2.24, 2.45) is 16.8 Å². The smallest absolute Gasteiger partial charge is 0.0565 e. The maximum atomic E-state index is 4.58. The van der Waals surface area contributed by atoms with Gasteiger partial charge >= 0.3 is 0 Å². The fourth-order valence-corrected chi connectivity index (χ4v) is 2.66. The third kappa shape index (κ3) is 2.93. The first-order chi connectivity index (χ1) is 7.29. The second-order valence-corrected chi connectivity index (χ2v) is 4.58. The highest BCUT2D eigenvalue weighted by Gasteiger charge is 2.29. The highest BCUT2D eigenvalue weighted by Crippen LogP contribution is 2.36. The van der Waals surface area contributed by atoms with E-state index < -0.39 is 0 Å². The standard InChI is InChI=1S/C12H19N.C2H6/c1-9(2)10-7-8-13-12-6-4-3-5-11(10)12;1-2/h7-9,11-12H,3-6H2,1-2H3;1-2H3. The number of nitrogens with zero attached hydrogens (tertiary/aromatic N) is 1. The summed E-state index contributed by atoms with van der Waals surface area (Å²) in [5.41, 5.74) is 1.64. The summed E-state index contributed by atoms with van der Waals surface area (Å²) in [7, 11) is 0. The summed E-state index contributed by atoms with van der Waals surface area (Å²) in [6.07, 6.45) is 9.74. The van der Waals surface area contributed by atoms with Crippen molar-refractivity contribution in [2.45, 2.75) is 59.4 Å². The van der Waals surface area contributed by atoms with Gasteiger partial charge in [-0.1, -0.05) is 46.1 Å². The fraction of sp³-hybridized carbons (Fsp3) is 0.786. The van der Waals surface area contributed by atoms with E-state index in [1.54, 1.807) is 5.57 Å². The van der Waals surface area contributed by atoms with E-state index in [0.717, 1.165) is 5.92 Å². The number of hydrogen-bond acceptors (Lipinski definition) is 1. The average Bonchev–Trinajstić information content (AvgIpc) is 2.31. The number of hydrogen-bond donors (Lipinski definition) is 0. The third-order valence-electron chi connectivity index (χ3n) is 3.37. The maximum Gasteiger partial charge on any atom is 0.0565 e. The Morgan fingerprint density at radius 1 is 1.20 bits per heavy atom.